The molecule has 20 nitrogen and oxygen atoms in total. The van der Waals surface area contributed by atoms with Crippen LogP contribution in [0.25, 0.3) is 22.3 Å². The van der Waals surface area contributed by atoms with Crippen LogP contribution in [-0.2, 0) is 26.8 Å². The molecule has 1 atom stereocenters. The Labute approximate surface area is 460 Å². The summed E-state index contributed by atoms with van der Waals surface area (Å²) in [4.78, 5) is 116. The van der Waals surface area contributed by atoms with Crippen molar-refractivity contribution in [2.45, 2.75) is 101 Å². The van der Waals surface area contributed by atoms with Gasteiger partial charge in [0, 0.05) is 93.9 Å². The van der Waals surface area contributed by atoms with Crippen LogP contribution in [0.2, 0.25) is 0 Å². The van der Waals surface area contributed by atoms with Crippen molar-refractivity contribution in [2.24, 2.45) is 7.05 Å². The molecule has 6 aromatic rings. The van der Waals surface area contributed by atoms with E-state index in [4.69, 9.17) is 9.97 Å². The number of hydrogen-bond acceptors (Lipinski definition) is 13. The molecule has 0 bridgehead atoms. The Bertz CT molecular complexity index is 3580. The average Bonchev–Trinajstić information content (AvgIpc) is 4.40. The topological polar surface area (TPSA) is 212 Å². The van der Waals surface area contributed by atoms with Gasteiger partial charge in [0.15, 0.2) is 11.5 Å². The number of carbonyl (C=O) groups excluding carboxylic acids is 7. The lowest BCUT2D eigenvalue weighted by atomic mass is 9.73. The third kappa shape index (κ3) is 8.49. The number of aromatic nitrogens is 5. The molecule has 1 unspecified atom stereocenters. The van der Waals surface area contributed by atoms with Crippen LogP contribution in [0.15, 0.2) is 79.1 Å². The molecule has 5 fully saturated rings. The summed E-state index contributed by atoms with van der Waals surface area (Å²) in [7, 11) is 1.64. The van der Waals surface area contributed by atoms with E-state index in [1.54, 1.807) is 65.6 Å². The van der Waals surface area contributed by atoms with Gasteiger partial charge in [0.25, 0.3) is 23.6 Å². The van der Waals surface area contributed by atoms with Gasteiger partial charge in [-0.2, -0.15) is 5.10 Å². The number of anilines is 4. The summed E-state index contributed by atoms with van der Waals surface area (Å²) in [6.45, 7) is 8.43. The van der Waals surface area contributed by atoms with Crippen molar-refractivity contribution >= 4 is 75.3 Å². The summed E-state index contributed by atoms with van der Waals surface area (Å²) < 4.78 is 18.6. The monoisotopic (exact) mass is 1080 g/mol. The van der Waals surface area contributed by atoms with Gasteiger partial charge in [-0.25, -0.2) is 14.4 Å². The lowest BCUT2D eigenvalue weighted by Gasteiger charge is -2.48. The minimum Gasteiger partial charge on any atom is -0.368 e. The van der Waals surface area contributed by atoms with Crippen molar-refractivity contribution in [2.75, 3.05) is 67.5 Å². The molecule has 4 saturated heterocycles. The Morgan fingerprint density at radius 3 is 2.25 bits per heavy atom. The number of amides is 7. The number of pyridine rings is 1. The Hall–Kier alpha value is -8.33. The number of halogens is 1. The number of carbonyl (C=O) groups is 7. The molecule has 80 heavy (non-hydrogen) atoms. The van der Waals surface area contributed by atoms with Crippen molar-refractivity contribution in [3.8, 4) is 11.3 Å². The van der Waals surface area contributed by atoms with E-state index in [2.05, 4.69) is 46.6 Å². The molecule has 412 valence electrons. The zero-order valence-corrected chi connectivity index (χ0v) is 45.0. The second kappa shape index (κ2) is 19.8. The van der Waals surface area contributed by atoms with E-state index >= 15 is 9.18 Å². The summed E-state index contributed by atoms with van der Waals surface area (Å²) in [5.41, 5.74) is 5.60. The number of benzene rings is 3. The lowest BCUT2D eigenvalue weighted by molar-refractivity contribution is -0.136. The van der Waals surface area contributed by atoms with Crippen molar-refractivity contribution in [3.63, 3.8) is 0 Å². The molecule has 0 radical (unpaired) electrons. The number of piperidine rings is 3. The van der Waals surface area contributed by atoms with E-state index in [0.29, 0.717) is 86.6 Å². The number of imidazole rings is 1. The van der Waals surface area contributed by atoms with E-state index in [0.717, 1.165) is 53.2 Å². The van der Waals surface area contributed by atoms with E-state index in [-0.39, 0.29) is 65.2 Å². The van der Waals surface area contributed by atoms with Crippen LogP contribution in [0.5, 0.6) is 0 Å². The van der Waals surface area contributed by atoms with Gasteiger partial charge in [0.1, 0.15) is 23.1 Å². The fourth-order valence-electron chi connectivity index (χ4n) is 13.3. The van der Waals surface area contributed by atoms with Crippen LogP contribution >= 0.6 is 0 Å². The van der Waals surface area contributed by atoms with Crippen molar-refractivity contribution in [1.29, 1.82) is 0 Å². The molecule has 7 aliphatic rings. The maximum atomic E-state index is 15.3. The minimum absolute atomic E-state index is 0.0157. The molecule has 9 heterocycles. The molecule has 7 amide bonds. The van der Waals surface area contributed by atoms with Gasteiger partial charge in [0.2, 0.25) is 17.7 Å². The van der Waals surface area contributed by atoms with Crippen molar-refractivity contribution < 1.29 is 38.0 Å². The van der Waals surface area contributed by atoms with Gasteiger partial charge in [-0.05, 0) is 120 Å². The zero-order valence-electron chi connectivity index (χ0n) is 45.0. The van der Waals surface area contributed by atoms with Crippen molar-refractivity contribution in [1.82, 2.24) is 49.2 Å². The Morgan fingerprint density at radius 2 is 1.51 bits per heavy atom. The Morgan fingerprint density at radius 1 is 0.775 bits per heavy atom. The highest BCUT2D eigenvalue weighted by molar-refractivity contribution is 6.24. The SMILES string of the molecule is CC(C)n1cnc2cc(-c3ccc4c(c3)N([C@H]3C[C@@H](N5CCCCC5)C3)C(=O)C43CCN(C(=O)c4cc(C(=O)N5CCN(c6ccc7c(c6)C(=O)N(C6CCC(=O)NC6=O)C7=O)CC5)n(C)n4)CC3)nc(Nc3ccccc3F)c21. The van der Waals surface area contributed by atoms with E-state index in [9.17, 15) is 28.8 Å². The second-order valence-electron chi connectivity index (χ2n) is 22.7. The highest BCUT2D eigenvalue weighted by atomic mass is 19.1. The maximum absolute atomic E-state index is 15.3. The van der Waals surface area contributed by atoms with Crippen molar-refractivity contribution in [3.05, 3.63) is 113 Å². The molecule has 3 aromatic heterocycles. The zero-order chi connectivity index (χ0) is 55.3. The van der Waals surface area contributed by atoms with Gasteiger partial charge in [-0.1, -0.05) is 30.7 Å². The molecular weight excluding hydrogens is 1020 g/mol. The highest BCUT2D eigenvalue weighted by Crippen LogP contribution is 2.52. The van der Waals surface area contributed by atoms with Gasteiger partial charge in [-0.15, -0.1) is 0 Å². The number of piperazine rings is 1. The van der Waals surface area contributed by atoms with Crippen LogP contribution < -0.4 is 20.4 Å². The molecule has 1 aliphatic carbocycles. The summed E-state index contributed by atoms with van der Waals surface area (Å²) in [6.07, 6.45) is 8.09. The molecular formula is C59H62FN13O7. The van der Waals surface area contributed by atoms with E-state index in [1.807, 2.05) is 26.5 Å². The summed E-state index contributed by atoms with van der Waals surface area (Å²) in [5, 5.41) is 10.0. The third-order valence-corrected chi connectivity index (χ3v) is 17.9. The van der Waals surface area contributed by atoms with Gasteiger partial charge >= 0.3 is 0 Å². The van der Waals surface area contributed by atoms with Crippen LogP contribution in [0.4, 0.5) is 27.3 Å². The first-order valence-corrected chi connectivity index (χ1v) is 28.0. The Kier molecular flexibility index (Phi) is 12.6. The molecule has 13 rings (SSSR count). The number of likely N-dealkylation sites (tertiary alicyclic amines) is 2. The third-order valence-electron chi connectivity index (χ3n) is 17.9. The fraction of sp³-hybridized carbons (Fsp3) is 0.424. The summed E-state index contributed by atoms with van der Waals surface area (Å²) in [6, 6.07) is 20.6. The highest BCUT2D eigenvalue weighted by Gasteiger charge is 2.56. The van der Waals surface area contributed by atoms with Crippen LogP contribution in [0, 0.1) is 5.82 Å². The maximum Gasteiger partial charge on any atom is 0.274 e. The first-order chi connectivity index (χ1) is 38.6. The largest absolute Gasteiger partial charge is 0.368 e. The van der Waals surface area contributed by atoms with Crippen LogP contribution in [0.1, 0.15) is 125 Å². The molecule has 1 spiro atoms. The Balaban J connectivity index is 0.710. The lowest BCUT2D eigenvalue weighted by Crippen LogP contribution is -2.58. The molecule has 1 saturated carbocycles. The normalized spacial score (nSPS) is 22.1. The first kappa shape index (κ1) is 51.1. The van der Waals surface area contributed by atoms with Crippen LogP contribution in [0.3, 0.4) is 0 Å². The van der Waals surface area contributed by atoms with E-state index in [1.165, 1.54) is 30.0 Å². The number of imide groups is 2. The van der Waals surface area contributed by atoms with Crippen LogP contribution in [-0.4, -0.2) is 156 Å². The number of hydrogen-bond donors (Lipinski definition) is 2. The van der Waals surface area contributed by atoms with E-state index < -0.39 is 40.9 Å². The number of fused-ring (bicyclic) bond motifs is 4. The molecule has 6 aliphatic heterocycles. The standard InChI is InChI=1S/C59H62FN13O7/c1-34(2)71-33-61-45-31-44(63-52(51(45)71)62-43-10-6-5-9-42(43)60)35-11-14-41-48(27-35)72(38-28-37(29-38)67-19-7-4-8-20-67)58(80)59(41)17-21-69(22-18-59)56(78)46-32-49(66(3)65-46)57(79)70-25-23-68(24-26-70)36-12-13-39-40(30-36)55(77)73(54(39)76)47-15-16-50(74)64-53(47)75/h5-6,9-14,27,30-34,37-38,47H,4,7-8,15-26,28-29H2,1-3H3,(H,62,63)(H,64,74,75)/t37-,38+,47?. The molecule has 3 aromatic carbocycles. The smallest absolute Gasteiger partial charge is 0.274 e. The minimum atomic E-state index is -1.06. The fourth-order valence-corrected chi connectivity index (χ4v) is 13.3. The number of nitrogens with one attached hydrogen (secondary N) is 2. The van der Waals surface area contributed by atoms with Gasteiger partial charge in [-0.3, -0.25) is 48.5 Å². The average molecular weight is 1080 g/mol. The molecule has 21 heteroatoms. The predicted molar refractivity (Wildman–Crippen MR) is 294 cm³/mol. The number of rotatable bonds is 10. The first-order valence-electron chi connectivity index (χ1n) is 28.0. The van der Waals surface area contributed by atoms with Gasteiger partial charge < -0.3 is 34.4 Å². The summed E-state index contributed by atoms with van der Waals surface area (Å²) >= 11 is 0. The summed E-state index contributed by atoms with van der Waals surface area (Å²) in [5.74, 6) is -2.75. The number of nitrogens with zero attached hydrogens (tertiary/aromatic N) is 11. The predicted octanol–water partition coefficient (Wildman–Crippen LogP) is 6.20. The van der Waals surface area contributed by atoms with Gasteiger partial charge in [0.05, 0.1) is 39.8 Å². The second-order valence-corrected chi connectivity index (χ2v) is 22.7. The number of para-hydroxylation sites is 1. The quantitative estimate of drug-likeness (QED) is 0.147. The number of aryl methyl sites for hydroxylation is 1. The molecule has 2 N–H and O–H groups in total.